The summed E-state index contributed by atoms with van der Waals surface area (Å²) >= 11 is 0. The maximum Gasteiger partial charge on any atom is 0.135 e. The normalized spacial score (nSPS) is 17.4. The zero-order valence-corrected chi connectivity index (χ0v) is 35.6. The molecule has 4 aliphatic rings. The fraction of sp³-hybridized carbons (Fsp3) is 0.0984. The van der Waals surface area contributed by atoms with Gasteiger partial charge in [-0.05, 0) is 105 Å². The standard InChI is InChI=1S/C61H41N3O/c1-2-10-37(11-3-1)53-32-26-39-22-23-40-27-33-54(63-60(40)59(39)62-53)42-25-29-46-45-28-24-41(34-51(45)43-12-4-5-13-44(43)52(46)35-42)36-18-20-38(21-19-36)58-50-31-30-48-47-14-7-9-17-56(47)65-61(48)57(50)49-15-6-8-16-55(49)64-58/h1-3,5-11,13-29,32-35,49,55H,4,12,30-31H2. The first-order valence-electron chi connectivity index (χ1n) is 22.9. The number of nitrogens with zero attached hydrogens (tertiary/aromatic N) is 3. The van der Waals surface area contributed by atoms with Crippen molar-refractivity contribution >= 4 is 71.7 Å². The number of aromatic nitrogens is 2. The molecule has 1 aliphatic heterocycles. The van der Waals surface area contributed by atoms with Gasteiger partial charge in [-0.1, -0.05) is 158 Å². The number of furan rings is 1. The molecule has 0 bridgehead atoms. The van der Waals surface area contributed by atoms with Gasteiger partial charge in [0, 0.05) is 49.9 Å². The molecule has 306 valence electrons. The highest BCUT2D eigenvalue weighted by Crippen LogP contribution is 2.48. The first-order chi connectivity index (χ1) is 32.2. The van der Waals surface area contributed by atoms with Crippen LogP contribution in [-0.2, 0) is 12.8 Å². The van der Waals surface area contributed by atoms with E-state index in [1.54, 1.807) is 0 Å². The van der Waals surface area contributed by atoms with Gasteiger partial charge in [-0.3, -0.25) is 4.99 Å². The molecule has 3 aliphatic carbocycles. The fourth-order valence-corrected chi connectivity index (χ4v) is 11.2. The second-order valence-electron chi connectivity index (χ2n) is 18.0. The van der Waals surface area contributed by atoms with Gasteiger partial charge in [-0.2, -0.15) is 0 Å². The zero-order valence-electron chi connectivity index (χ0n) is 35.6. The predicted octanol–water partition coefficient (Wildman–Crippen LogP) is 15.1. The van der Waals surface area contributed by atoms with E-state index in [0.717, 1.165) is 92.6 Å². The van der Waals surface area contributed by atoms with Gasteiger partial charge in [0.1, 0.15) is 11.3 Å². The Balaban J connectivity index is 0.835. The Bertz CT molecular complexity index is 3830. The average Bonchev–Trinajstić information content (AvgIpc) is 3.77. The molecule has 0 radical (unpaired) electrons. The lowest BCUT2D eigenvalue weighted by molar-refractivity contribution is 0.565. The molecule has 2 unspecified atom stereocenters. The number of dihydropyridines is 1. The van der Waals surface area contributed by atoms with Crippen molar-refractivity contribution in [1.82, 2.24) is 9.97 Å². The number of pyridine rings is 2. The van der Waals surface area contributed by atoms with Crippen molar-refractivity contribution in [2.75, 3.05) is 0 Å². The van der Waals surface area contributed by atoms with E-state index < -0.39 is 0 Å². The van der Waals surface area contributed by atoms with Gasteiger partial charge in [-0.15, -0.1) is 0 Å². The third-order valence-electron chi connectivity index (χ3n) is 14.4. The molecule has 14 rings (SSSR count). The summed E-state index contributed by atoms with van der Waals surface area (Å²) in [7, 11) is 0. The van der Waals surface area contributed by atoms with Crippen LogP contribution in [0.15, 0.2) is 197 Å². The van der Waals surface area contributed by atoms with Gasteiger partial charge < -0.3 is 4.42 Å². The van der Waals surface area contributed by atoms with Crippen molar-refractivity contribution in [1.29, 1.82) is 0 Å². The van der Waals surface area contributed by atoms with Gasteiger partial charge in [0.2, 0.25) is 0 Å². The van der Waals surface area contributed by atoms with Crippen LogP contribution in [0.5, 0.6) is 0 Å². The molecule has 4 nitrogen and oxygen atoms in total. The van der Waals surface area contributed by atoms with Crippen LogP contribution < -0.4 is 0 Å². The molecule has 0 fully saturated rings. The van der Waals surface area contributed by atoms with Crippen molar-refractivity contribution in [2.45, 2.75) is 31.7 Å². The molecular formula is C61H41N3O. The maximum atomic E-state index is 6.66. The van der Waals surface area contributed by atoms with Gasteiger partial charge in [0.15, 0.2) is 0 Å². The van der Waals surface area contributed by atoms with Crippen molar-refractivity contribution in [2.24, 2.45) is 10.9 Å². The summed E-state index contributed by atoms with van der Waals surface area (Å²) in [6, 6.07) is 54.9. The maximum absolute atomic E-state index is 6.66. The zero-order chi connectivity index (χ0) is 42.6. The number of hydrogen-bond acceptors (Lipinski definition) is 4. The molecule has 3 aromatic heterocycles. The highest BCUT2D eigenvalue weighted by molar-refractivity contribution is 6.19. The lowest BCUT2D eigenvalue weighted by atomic mass is 9.74. The van der Waals surface area contributed by atoms with E-state index in [1.807, 2.05) is 6.07 Å². The number of aliphatic imine (C=N–C) groups is 1. The average molecular weight is 832 g/mol. The number of rotatable bonds is 4. The first-order valence-corrected chi connectivity index (χ1v) is 22.9. The minimum Gasteiger partial charge on any atom is -0.456 e. The summed E-state index contributed by atoms with van der Waals surface area (Å²) in [5, 5.41) is 8.57. The number of aryl methyl sites for hydroxylation is 2. The van der Waals surface area contributed by atoms with Crippen LogP contribution in [0.1, 0.15) is 40.9 Å². The Morgan fingerprint density at radius 1 is 0.492 bits per heavy atom. The molecule has 0 saturated heterocycles. The van der Waals surface area contributed by atoms with Crippen molar-refractivity contribution in [3.05, 3.63) is 216 Å². The molecule has 2 atom stereocenters. The molecular weight excluding hydrogens is 791 g/mol. The minimum absolute atomic E-state index is 0.0504. The minimum atomic E-state index is 0.0504. The molecule has 7 aromatic carbocycles. The first kappa shape index (κ1) is 36.5. The van der Waals surface area contributed by atoms with Crippen molar-refractivity contribution < 1.29 is 4.42 Å². The van der Waals surface area contributed by atoms with Crippen LogP contribution in [0.25, 0.3) is 99.6 Å². The highest BCUT2D eigenvalue weighted by atomic mass is 16.3. The molecule has 65 heavy (non-hydrogen) atoms. The van der Waals surface area contributed by atoms with Crippen LogP contribution in [-0.4, -0.2) is 21.7 Å². The lowest BCUT2D eigenvalue weighted by Gasteiger charge is -2.34. The molecule has 0 saturated carbocycles. The smallest absolute Gasteiger partial charge is 0.135 e. The SMILES string of the molecule is C1=CC2N=C(c3ccc(-c4ccc5c(c4)c4c(c6cc(-c7ccc8ccc9ccc(-c%10ccccc%10)nc9c8n7)ccc65)C=CCC4)cc3)C3=C(c4oc5ccccc5c4CC3)C2C=C1. The van der Waals surface area contributed by atoms with E-state index in [9.17, 15) is 0 Å². The van der Waals surface area contributed by atoms with E-state index in [2.05, 4.69) is 182 Å². The summed E-state index contributed by atoms with van der Waals surface area (Å²) in [6.45, 7) is 0. The largest absolute Gasteiger partial charge is 0.456 e. The van der Waals surface area contributed by atoms with Crippen LogP contribution in [0.2, 0.25) is 0 Å². The van der Waals surface area contributed by atoms with Gasteiger partial charge in [0.05, 0.1) is 34.2 Å². The summed E-state index contributed by atoms with van der Waals surface area (Å²) in [5.41, 5.74) is 18.3. The Morgan fingerprint density at radius 2 is 1.17 bits per heavy atom. The van der Waals surface area contributed by atoms with E-state index in [0.29, 0.717) is 0 Å². The van der Waals surface area contributed by atoms with Crippen LogP contribution in [0, 0.1) is 5.92 Å². The van der Waals surface area contributed by atoms with E-state index in [1.165, 1.54) is 65.9 Å². The van der Waals surface area contributed by atoms with E-state index >= 15 is 0 Å². The predicted molar refractivity (Wildman–Crippen MR) is 269 cm³/mol. The van der Waals surface area contributed by atoms with Crippen LogP contribution in [0.4, 0.5) is 0 Å². The lowest BCUT2D eigenvalue weighted by Crippen LogP contribution is -2.29. The number of fused-ring (bicyclic) bond motifs is 15. The Labute approximate surface area is 376 Å². The van der Waals surface area contributed by atoms with Crippen molar-refractivity contribution in [3.8, 4) is 33.6 Å². The quantitative estimate of drug-likeness (QED) is 0.166. The van der Waals surface area contributed by atoms with E-state index in [4.69, 9.17) is 19.4 Å². The van der Waals surface area contributed by atoms with Crippen molar-refractivity contribution in [3.63, 3.8) is 0 Å². The second kappa shape index (κ2) is 14.3. The molecule has 0 amide bonds. The number of para-hydroxylation sites is 1. The highest BCUT2D eigenvalue weighted by Gasteiger charge is 2.38. The monoisotopic (exact) mass is 831 g/mol. The third kappa shape index (κ3) is 5.73. The van der Waals surface area contributed by atoms with Gasteiger partial charge >= 0.3 is 0 Å². The number of allylic oxidation sites excluding steroid dienone is 4. The molecule has 4 heterocycles. The Morgan fingerprint density at radius 3 is 2.00 bits per heavy atom. The summed E-state index contributed by atoms with van der Waals surface area (Å²) in [4.78, 5) is 15.9. The van der Waals surface area contributed by atoms with Gasteiger partial charge in [0.25, 0.3) is 0 Å². The van der Waals surface area contributed by atoms with Crippen LogP contribution >= 0.6 is 0 Å². The molecule has 0 N–H and O–H groups in total. The summed E-state index contributed by atoms with van der Waals surface area (Å²) in [6.07, 6.45) is 17.5. The Kier molecular flexibility index (Phi) is 8.03. The molecule has 0 spiro atoms. The topological polar surface area (TPSA) is 51.3 Å². The van der Waals surface area contributed by atoms with E-state index in [-0.39, 0.29) is 12.0 Å². The summed E-state index contributed by atoms with van der Waals surface area (Å²) < 4.78 is 6.66. The summed E-state index contributed by atoms with van der Waals surface area (Å²) in [5.74, 6) is 1.24. The van der Waals surface area contributed by atoms with Crippen LogP contribution in [0.3, 0.4) is 0 Å². The third-order valence-corrected chi connectivity index (χ3v) is 14.4. The Hall–Kier alpha value is -7.95. The molecule has 4 heteroatoms. The second-order valence-corrected chi connectivity index (χ2v) is 18.0. The number of hydrogen-bond donors (Lipinski definition) is 0. The fourth-order valence-electron chi connectivity index (χ4n) is 11.2. The number of benzene rings is 7. The van der Waals surface area contributed by atoms with Gasteiger partial charge in [-0.25, -0.2) is 9.97 Å². The molecule has 10 aromatic rings.